The molecule has 0 bridgehead atoms. The van der Waals surface area contributed by atoms with Crippen LogP contribution in [0.5, 0.6) is 0 Å². The number of anilines is 1. The Kier molecular flexibility index (Phi) is 3.52. The molecule has 1 fully saturated rings. The van der Waals surface area contributed by atoms with Crippen molar-refractivity contribution in [1.29, 1.82) is 0 Å². The zero-order valence-corrected chi connectivity index (χ0v) is 10.7. The maximum absolute atomic E-state index is 11.4. The molecule has 5 heteroatoms. The fraction of sp³-hybridized carbons (Fsp3) is 0.538. The molecule has 0 aliphatic carbocycles. The predicted octanol–water partition coefficient (Wildman–Crippen LogP) is 1.22. The van der Waals surface area contributed by atoms with Crippen molar-refractivity contribution in [3.8, 4) is 0 Å². The summed E-state index contributed by atoms with van der Waals surface area (Å²) in [5, 5.41) is 9.90. The number of ether oxygens (including phenoxy) is 1. The van der Waals surface area contributed by atoms with Crippen molar-refractivity contribution in [2.24, 2.45) is 0 Å². The van der Waals surface area contributed by atoms with Crippen LogP contribution in [0.2, 0.25) is 0 Å². The summed E-state index contributed by atoms with van der Waals surface area (Å²) in [7, 11) is 1.36. The van der Waals surface area contributed by atoms with Crippen LogP contribution < -0.4 is 4.90 Å². The van der Waals surface area contributed by atoms with Crippen LogP contribution in [-0.4, -0.2) is 41.9 Å². The average Bonchev–Trinajstić information content (AvgIpc) is 2.38. The number of piperidine rings is 1. The molecule has 1 aliphatic rings. The van der Waals surface area contributed by atoms with Crippen molar-refractivity contribution >= 4 is 11.8 Å². The normalized spacial score (nSPS) is 18.5. The van der Waals surface area contributed by atoms with E-state index >= 15 is 0 Å². The number of rotatable bonds is 2. The van der Waals surface area contributed by atoms with E-state index in [4.69, 9.17) is 0 Å². The lowest BCUT2D eigenvalue weighted by Crippen LogP contribution is -2.42. The largest absolute Gasteiger partial charge is 0.465 e. The van der Waals surface area contributed by atoms with Gasteiger partial charge >= 0.3 is 5.97 Å². The number of aliphatic hydroxyl groups is 1. The van der Waals surface area contributed by atoms with Gasteiger partial charge in [-0.3, -0.25) is 0 Å². The van der Waals surface area contributed by atoms with E-state index in [0.29, 0.717) is 18.4 Å². The number of hydrogen-bond donors (Lipinski definition) is 1. The molecular weight excluding hydrogens is 232 g/mol. The second-order valence-electron chi connectivity index (χ2n) is 4.88. The summed E-state index contributed by atoms with van der Waals surface area (Å²) in [5.41, 5.74) is -0.0870. The van der Waals surface area contributed by atoms with Crippen molar-refractivity contribution < 1.29 is 14.6 Å². The van der Waals surface area contributed by atoms with E-state index in [1.54, 1.807) is 18.3 Å². The van der Waals surface area contributed by atoms with Crippen molar-refractivity contribution in [2.45, 2.75) is 25.4 Å². The Labute approximate surface area is 106 Å². The van der Waals surface area contributed by atoms with Crippen LogP contribution in [-0.2, 0) is 4.74 Å². The Morgan fingerprint density at radius 2 is 2.17 bits per heavy atom. The molecule has 0 atom stereocenters. The molecule has 18 heavy (non-hydrogen) atoms. The molecule has 0 unspecified atom stereocenters. The standard InChI is InChI=1S/C13H18N2O3/c1-13(17)4-7-15(8-5-13)11-9-10(3-6-14-11)12(16)18-2/h3,6,9,17H,4-5,7-8H2,1-2H3. The summed E-state index contributed by atoms with van der Waals surface area (Å²) in [6, 6.07) is 3.36. The monoisotopic (exact) mass is 250 g/mol. The lowest BCUT2D eigenvalue weighted by atomic mass is 9.94. The maximum Gasteiger partial charge on any atom is 0.338 e. The first-order chi connectivity index (χ1) is 8.52. The highest BCUT2D eigenvalue weighted by atomic mass is 16.5. The highest BCUT2D eigenvalue weighted by Gasteiger charge is 2.28. The van der Waals surface area contributed by atoms with Gasteiger partial charge < -0.3 is 14.7 Å². The Hall–Kier alpha value is -1.62. The summed E-state index contributed by atoms with van der Waals surface area (Å²) in [4.78, 5) is 17.8. The minimum absolute atomic E-state index is 0.359. The number of esters is 1. The second kappa shape index (κ2) is 4.94. The molecule has 0 saturated carbocycles. The minimum atomic E-state index is -0.587. The maximum atomic E-state index is 11.4. The van der Waals surface area contributed by atoms with Gasteiger partial charge in [-0.1, -0.05) is 0 Å². The summed E-state index contributed by atoms with van der Waals surface area (Å²) in [6.45, 7) is 3.33. The third-order valence-corrected chi connectivity index (χ3v) is 3.33. The number of carbonyl (C=O) groups excluding carboxylic acids is 1. The molecule has 1 saturated heterocycles. The average molecular weight is 250 g/mol. The van der Waals surface area contributed by atoms with Crippen LogP contribution in [0, 0.1) is 0 Å². The summed E-state index contributed by atoms with van der Waals surface area (Å²) >= 11 is 0. The third kappa shape index (κ3) is 2.79. The molecule has 1 N–H and O–H groups in total. The summed E-state index contributed by atoms with van der Waals surface area (Å²) < 4.78 is 4.69. The molecule has 1 aromatic rings. The molecule has 2 heterocycles. The summed E-state index contributed by atoms with van der Waals surface area (Å²) in [5.74, 6) is 0.399. The van der Waals surface area contributed by atoms with Crippen molar-refractivity contribution in [3.05, 3.63) is 23.9 Å². The SMILES string of the molecule is COC(=O)c1ccnc(N2CCC(C)(O)CC2)c1. The minimum Gasteiger partial charge on any atom is -0.465 e. The number of aromatic nitrogens is 1. The van der Waals surface area contributed by atoms with Crippen LogP contribution in [0.4, 0.5) is 5.82 Å². The number of carbonyl (C=O) groups is 1. The van der Waals surface area contributed by atoms with Gasteiger partial charge in [-0.15, -0.1) is 0 Å². The zero-order valence-electron chi connectivity index (χ0n) is 10.7. The number of pyridine rings is 1. The van der Waals surface area contributed by atoms with Crippen molar-refractivity contribution in [1.82, 2.24) is 4.98 Å². The first kappa shape index (κ1) is 12.8. The molecule has 98 valence electrons. The molecule has 1 aliphatic heterocycles. The first-order valence-electron chi connectivity index (χ1n) is 6.03. The van der Waals surface area contributed by atoms with E-state index in [1.807, 2.05) is 6.92 Å². The second-order valence-corrected chi connectivity index (χ2v) is 4.88. The van der Waals surface area contributed by atoms with Gasteiger partial charge in [0.25, 0.3) is 0 Å². The van der Waals surface area contributed by atoms with Crippen LogP contribution in [0.1, 0.15) is 30.1 Å². The molecule has 0 radical (unpaired) electrons. The van der Waals surface area contributed by atoms with Gasteiger partial charge in [0.2, 0.25) is 0 Å². The smallest absolute Gasteiger partial charge is 0.338 e. The van der Waals surface area contributed by atoms with Gasteiger partial charge in [0.15, 0.2) is 0 Å². The summed E-state index contributed by atoms with van der Waals surface area (Å²) in [6.07, 6.45) is 3.02. The molecule has 0 spiro atoms. The van der Waals surface area contributed by atoms with Crippen LogP contribution in [0.3, 0.4) is 0 Å². The van der Waals surface area contributed by atoms with E-state index in [2.05, 4.69) is 14.6 Å². The van der Waals surface area contributed by atoms with Gasteiger partial charge in [0.05, 0.1) is 18.3 Å². The fourth-order valence-corrected chi connectivity index (χ4v) is 2.05. The van der Waals surface area contributed by atoms with E-state index in [9.17, 15) is 9.90 Å². The molecule has 0 amide bonds. The Morgan fingerprint density at radius 1 is 1.50 bits per heavy atom. The van der Waals surface area contributed by atoms with E-state index in [1.165, 1.54) is 7.11 Å². The van der Waals surface area contributed by atoms with Gasteiger partial charge in [0, 0.05) is 19.3 Å². The Bertz CT molecular complexity index is 436. The number of nitrogens with zero attached hydrogens (tertiary/aromatic N) is 2. The fourth-order valence-electron chi connectivity index (χ4n) is 2.05. The lowest BCUT2D eigenvalue weighted by molar-refractivity contribution is 0.0349. The predicted molar refractivity (Wildman–Crippen MR) is 67.6 cm³/mol. The molecule has 2 rings (SSSR count). The molecule has 0 aromatic carbocycles. The third-order valence-electron chi connectivity index (χ3n) is 3.33. The van der Waals surface area contributed by atoms with Crippen molar-refractivity contribution in [2.75, 3.05) is 25.1 Å². The van der Waals surface area contributed by atoms with Crippen molar-refractivity contribution in [3.63, 3.8) is 0 Å². The topological polar surface area (TPSA) is 62.7 Å². The quantitative estimate of drug-likeness (QED) is 0.800. The molecule has 5 nitrogen and oxygen atoms in total. The van der Waals surface area contributed by atoms with Crippen LogP contribution >= 0.6 is 0 Å². The Morgan fingerprint density at radius 3 is 2.78 bits per heavy atom. The van der Waals surface area contributed by atoms with Gasteiger partial charge in [-0.05, 0) is 31.9 Å². The first-order valence-corrected chi connectivity index (χ1v) is 6.03. The highest BCUT2D eigenvalue weighted by molar-refractivity contribution is 5.90. The highest BCUT2D eigenvalue weighted by Crippen LogP contribution is 2.25. The van der Waals surface area contributed by atoms with E-state index in [-0.39, 0.29) is 5.97 Å². The molecular formula is C13H18N2O3. The zero-order chi connectivity index (χ0) is 13.2. The van der Waals surface area contributed by atoms with E-state index in [0.717, 1.165) is 18.9 Å². The van der Waals surface area contributed by atoms with Crippen LogP contribution in [0.15, 0.2) is 18.3 Å². The lowest BCUT2D eigenvalue weighted by Gasteiger charge is -2.36. The Balaban J connectivity index is 2.12. The number of hydrogen-bond acceptors (Lipinski definition) is 5. The van der Waals surface area contributed by atoms with Gasteiger partial charge in [0.1, 0.15) is 5.82 Å². The van der Waals surface area contributed by atoms with Gasteiger partial charge in [-0.25, -0.2) is 9.78 Å². The molecule has 1 aromatic heterocycles. The van der Waals surface area contributed by atoms with Gasteiger partial charge in [-0.2, -0.15) is 0 Å². The van der Waals surface area contributed by atoms with E-state index < -0.39 is 5.60 Å². The number of methoxy groups -OCH3 is 1. The van der Waals surface area contributed by atoms with Crippen LogP contribution in [0.25, 0.3) is 0 Å².